The van der Waals surface area contributed by atoms with Crippen molar-refractivity contribution < 1.29 is 9.53 Å². The van der Waals surface area contributed by atoms with Gasteiger partial charge in [0.15, 0.2) is 0 Å². The highest BCUT2D eigenvalue weighted by atomic mass is 16.5. The summed E-state index contributed by atoms with van der Waals surface area (Å²) in [6.07, 6.45) is 6.33. The Bertz CT molecular complexity index is 798. The molecule has 0 radical (unpaired) electrons. The van der Waals surface area contributed by atoms with Gasteiger partial charge >= 0.3 is 0 Å². The number of hydrogen-bond acceptors (Lipinski definition) is 6. The Kier molecular flexibility index (Phi) is 7.67. The van der Waals surface area contributed by atoms with Crippen LogP contribution in [0.25, 0.3) is 0 Å². The third kappa shape index (κ3) is 6.34. The van der Waals surface area contributed by atoms with Gasteiger partial charge in [0.05, 0.1) is 7.11 Å². The molecule has 1 saturated heterocycles. The Morgan fingerprint density at radius 1 is 1.31 bits per heavy atom. The van der Waals surface area contributed by atoms with Crippen LogP contribution in [0.15, 0.2) is 36.7 Å². The van der Waals surface area contributed by atoms with Gasteiger partial charge in [0.25, 0.3) is 0 Å². The Labute approximate surface area is 172 Å². The summed E-state index contributed by atoms with van der Waals surface area (Å²) in [4.78, 5) is 23.4. The molecule has 1 aromatic heterocycles. The number of benzene rings is 1. The summed E-state index contributed by atoms with van der Waals surface area (Å²) in [5, 5.41) is 6.28. The lowest BCUT2D eigenvalue weighted by Crippen LogP contribution is -2.36. The van der Waals surface area contributed by atoms with Crippen LogP contribution in [0.5, 0.6) is 5.75 Å². The van der Waals surface area contributed by atoms with E-state index in [4.69, 9.17) is 4.74 Å². The number of hydrogen-bond donors (Lipinski definition) is 2. The van der Waals surface area contributed by atoms with Gasteiger partial charge in [-0.1, -0.05) is 13.0 Å². The maximum absolute atomic E-state index is 12.4. The minimum atomic E-state index is 0.0449. The Balaban J connectivity index is 1.50. The minimum absolute atomic E-state index is 0.0449. The Hall–Kier alpha value is -2.83. The molecule has 1 aliphatic heterocycles. The van der Waals surface area contributed by atoms with E-state index in [0.717, 1.165) is 68.4 Å². The van der Waals surface area contributed by atoms with Crippen LogP contribution in [0.1, 0.15) is 39.0 Å². The average Bonchev–Trinajstić information content (AvgIpc) is 2.77. The molecule has 29 heavy (non-hydrogen) atoms. The zero-order valence-electron chi connectivity index (χ0n) is 17.4. The van der Waals surface area contributed by atoms with E-state index >= 15 is 0 Å². The largest absolute Gasteiger partial charge is 0.497 e. The van der Waals surface area contributed by atoms with Crippen molar-refractivity contribution in [2.75, 3.05) is 42.3 Å². The summed E-state index contributed by atoms with van der Waals surface area (Å²) in [7, 11) is 1.62. The SMILES string of the molecule is CCCNc1cc(N2CCC[C@H](CCC(=O)Nc3cccc(OC)c3)C2)ncn1. The quantitative estimate of drug-likeness (QED) is 0.667. The molecule has 2 heterocycles. The molecule has 0 aliphatic carbocycles. The molecule has 1 amide bonds. The molecule has 1 aliphatic rings. The topological polar surface area (TPSA) is 79.4 Å². The lowest BCUT2D eigenvalue weighted by Gasteiger charge is -2.33. The first kappa shape index (κ1) is 20.9. The van der Waals surface area contributed by atoms with Crippen molar-refractivity contribution in [3.05, 3.63) is 36.7 Å². The maximum Gasteiger partial charge on any atom is 0.224 e. The van der Waals surface area contributed by atoms with Crippen LogP contribution >= 0.6 is 0 Å². The molecule has 1 atom stereocenters. The summed E-state index contributed by atoms with van der Waals surface area (Å²) in [6.45, 7) is 4.96. The fourth-order valence-electron chi connectivity index (χ4n) is 3.64. The standard InChI is InChI=1S/C22H31N5O2/c1-3-11-23-20-14-21(25-16-24-20)27-12-5-6-17(15-27)9-10-22(28)26-18-7-4-8-19(13-18)29-2/h4,7-8,13-14,16-17H,3,5-6,9-12,15H2,1-2H3,(H,26,28)(H,23,24,25)/t17-/m1/s1. The van der Waals surface area contributed by atoms with Gasteiger partial charge in [0, 0.05) is 43.9 Å². The van der Waals surface area contributed by atoms with Gasteiger partial charge in [-0.15, -0.1) is 0 Å². The lowest BCUT2D eigenvalue weighted by atomic mass is 9.93. The number of rotatable bonds is 9. The number of nitrogens with one attached hydrogen (secondary N) is 2. The van der Waals surface area contributed by atoms with Gasteiger partial charge in [-0.05, 0) is 43.7 Å². The van der Waals surface area contributed by atoms with Crippen LogP contribution in [0.2, 0.25) is 0 Å². The molecular weight excluding hydrogens is 366 g/mol. The van der Waals surface area contributed by atoms with Crippen molar-refractivity contribution in [2.45, 2.75) is 39.0 Å². The molecule has 0 spiro atoms. The molecule has 7 nitrogen and oxygen atoms in total. The second-order valence-electron chi connectivity index (χ2n) is 7.46. The van der Waals surface area contributed by atoms with E-state index < -0.39 is 0 Å². The van der Waals surface area contributed by atoms with E-state index in [9.17, 15) is 4.79 Å². The predicted molar refractivity (Wildman–Crippen MR) is 117 cm³/mol. The van der Waals surface area contributed by atoms with Crippen LogP contribution in [-0.4, -0.2) is 42.6 Å². The van der Waals surface area contributed by atoms with Crippen molar-refractivity contribution in [1.29, 1.82) is 0 Å². The molecular formula is C22H31N5O2. The van der Waals surface area contributed by atoms with Crippen LogP contribution < -0.4 is 20.3 Å². The Morgan fingerprint density at radius 2 is 2.21 bits per heavy atom. The molecule has 2 aromatic rings. The number of nitrogens with zero attached hydrogens (tertiary/aromatic N) is 3. The first-order chi connectivity index (χ1) is 14.2. The number of carbonyl (C=O) groups excluding carboxylic acids is 1. The summed E-state index contributed by atoms with van der Waals surface area (Å²) in [5.74, 6) is 3.11. The van der Waals surface area contributed by atoms with Gasteiger partial charge in [-0.25, -0.2) is 9.97 Å². The third-order valence-electron chi connectivity index (χ3n) is 5.18. The Morgan fingerprint density at radius 3 is 3.03 bits per heavy atom. The highest BCUT2D eigenvalue weighted by molar-refractivity contribution is 5.90. The van der Waals surface area contributed by atoms with E-state index in [1.165, 1.54) is 0 Å². The molecule has 3 rings (SSSR count). The van der Waals surface area contributed by atoms with Crippen molar-refractivity contribution in [3.8, 4) is 5.75 Å². The fourth-order valence-corrected chi connectivity index (χ4v) is 3.64. The molecule has 0 unspecified atom stereocenters. The van der Waals surface area contributed by atoms with E-state index in [-0.39, 0.29) is 5.91 Å². The molecule has 7 heteroatoms. The van der Waals surface area contributed by atoms with E-state index in [1.807, 2.05) is 30.3 Å². The zero-order valence-corrected chi connectivity index (χ0v) is 17.4. The highest BCUT2D eigenvalue weighted by Gasteiger charge is 2.22. The molecule has 0 saturated carbocycles. The van der Waals surface area contributed by atoms with Crippen LogP contribution in [0, 0.1) is 5.92 Å². The first-order valence-corrected chi connectivity index (χ1v) is 10.4. The fraction of sp³-hybridized carbons (Fsp3) is 0.500. The molecule has 1 aromatic carbocycles. The molecule has 2 N–H and O–H groups in total. The molecule has 0 bridgehead atoms. The summed E-state index contributed by atoms with van der Waals surface area (Å²) in [5.41, 5.74) is 0.771. The van der Waals surface area contributed by atoms with E-state index in [1.54, 1.807) is 13.4 Å². The third-order valence-corrected chi connectivity index (χ3v) is 5.18. The summed E-state index contributed by atoms with van der Waals surface area (Å²) < 4.78 is 5.20. The van der Waals surface area contributed by atoms with Crippen LogP contribution in [0.4, 0.5) is 17.3 Å². The van der Waals surface area contributed by atoms with Crippen LogP contribution in [-0.2, 0) is 4.79 Å². The summed E-state index contributed by atoms with van der Waals surface area (Å²) >= 11 is 0. The number of ether oxygens (including phenoxy) is 1. The highest BCUT2D eigenvalue weighted by Crippen LogP contribution is 2.26. The smallest absolute Gasteiger partial charge is 0.224 e. The zero-order chi connectivity index (χ0) is 20.5. The van der Waals surface area contributed by atoms with Gasteiger partial charge < -0.3 is 20.3 Å². The van der Waals surface area contributed by atoms with Crippen molar-refractivity contribution in [1.82, 2.24) is 9.97 Å². The first-order valence-electron chi connectivity index (χ1n) is 10.4. The van der Waals surface area contributed by atoms with Gasteiger partial charge in [0.1, 0.15) is 23.7 Å². The van der Waals surface area contributed by atoms with Gasteiger partial charge in [0.2, 0.25) is 5.91 Å². The van der Waals surface area contributed by atoms with E-state index in [0.29, 0.717) is 12.3 Å². The normalized spacial score (nSPS) is 16.3. The average molecular weight is 398 g/mol. The second kappa shape index (κ2) is 10.6. The van der Waals surface area contributed by atoms with Gasteiger partial charge in [-0.2, -0.15) is 0 Å². The predicted octanol–water partition coefficient (Wildman–Crippen LogP) is 3.94. The van der Waals surface area contributed by atoms with Crippen LogP contribution in [0.3, 0.4) is 0 Å². The van der Waals surface area contributed by atoms with Gasteiger partial charge in [-0.3, -0.25) is 4.79 Å². The van der Waals surface area contributed by atoms with Crippen molar-refractivity contribution >= 4 is 23.2 Å². The number of aromatic nitrogens is 2. The lowest BCUT2D eigenvalue weighted by molar-refractivity contribution is -0.116. The van der Waals surface area contributed by atoms with Crippen molar-refractivity contribution in [3.63, 3.8) is 0 Å². The monoisotopic (exact) mass is 397 g/mol. The maximum atomic E-state index is 12.4. The molecule has 156 valence electrons. The second-order valence-corrected chi connectivity index (χ2v) is 7.46. The number of carbonyl (C=O) groups is 1. The van der Waals surface area contributed by atoms with Crippen molar-refractivity contribution in [2.24, 2.45) is 5.92 Å². The minimum Gasteiger partial charge on any atom is -0.497 e. The number of piperidine rings is 1. The summed E-state index contributed by atoms with van der Waals surface area (Å²) in [6, 6.07) is 9.47. The number of anilines is 3. The number of methoxy groups -OCH3 is 1. The number of amides is 1. The van der Waals surface area contributed by atoms with E-state index in [2.05, 4.69) is 32.4 Å². The molecule has 1 fully saturated rings.